The molecule has 0 atom stereocenters. The fourth-order valence-electron chi connectivity index (χ4n) is 2.55. The molecule has 0 spiro atoms. The molecular weight excluding hydrogens is 345 g/mol. The Hall–Kier alpha value is -1.87. The van der Waals surface area contributed by atoms with Crippen molar-refractivity contribution in [2.75, 3.05) is 49.9 Å². The number of sulfonamides is 1. The first-order valence-electron chi connectivity index (χ1n) is 8.44. The van der Waals surface area contributed by atoms with E-state index < -0.39 is 10.0 Å². The van der Waals surface area contributed by atoms with E-state index in [1.165, 1.54) is 12.1 Å². The maximum Gasteiger partial charge on any atom is 0.211 e. The van der Waals surface area contributed by atoms with Crippen molar-refractivity contribution in [2.45, 2.75) is 13.3 Å². The summed E-state index contributed by atoms with van der Waals surface area (Å²) in [6.45, 7) is 5.52. The smallest absolute Gasteiger partial charge is 0.211 e. The van der Waals surface area contributed by atoms with Crippen LogP contribution in [0.3, 0.4) is 0 Å². The summed E-state index contributed by atoms with van der Waals surface area (Å²) in [5, 5.41) is 0. The number of hydrogen-bond acceptors (Lipinski definition) is 4. The number of nitrogens with zero attached hydrogens (tertiary/aromatic N) is 3. The van der Waals surface area contributed by atoms with Gasteiger partial charge in [0.2, 0.25) is 10.0 Å². The summed E-state index contributed by atoms with van der Waals surface area (Å²) in [5.41, 5.74) is 7.02. The highest BCUT2D eigenvalue weighted by Crippen LogP contribution is 2.16. The number of anilines is 1. The van der Waals surface area contributed by atoms with Gasteiger partial charge in [-0.3, -0.25) is 4.99 Å². The van der Waals surface area contributed by atoms with E-state index in [1.807, 2.05) is 4.90 Å². The molecule has 0 radical (unpaired) electrons. The molecule has 25 heavy (non-hydrogen) atoms. The summed E-state index contributed by atoms with van der Waals surface area (Å²) in [7, 11) is -3.15. The third-order valence-electron chi connectivity index (χ3n) is 4.11. The fraction of sp³-hybridized carbons (Fsp3) is 0.562. The Bertz CT molecular complexity index is 670. The van der Waals surface area contributed by atoms with Gasteiger partial charge in [-0.05, 0) is 37.6 Å². The number of piperazine rings is 1. The number of aliphatic imine (C=N–C) groups is 1. The summed E-state index contributed by atoms with van der Waals surface area (Å²) < 4.78 is 38.1. The number of benzene rings is 1. The van der Waals surface area contributed by atoms with Gasteiger partial charge in [-0.1, -0.05) is 0 Å². The molecule has 9 heteroatoms. The summed E-state index contributed by atoms with van der Waals surface area (Å²) in [6, 6.07) is 6.48. The molecule has 7 nitrogen and oxygen atoms in total. The second-order valence-electron chi connectivity index (χ2n) is 5.84. The summed E-state index contributed by atoms with van der Waals surface area (Å²) in [6.07, 6.45) is 0.607. The average Bonchev–Trinajstić information content (AvgIpc) is 2.62. The lowest BCUT2D eigenvalue weighted by molar-refractivity contribution is 0.380. The van der Waals surface area contributed by atoms with Crippen LogP contribution in [0, 0.1) is 5.82 Å². The quantitative estimate of drug-likeness (QED) is 0.416. The fourth-order valence-corrected chi connectivity index (χ4v) is 3.21. The minimum atomic E-state index is -3.15. The monoisotopic (exact) mass is 371 g/mol. The molecule has 1 aromatic rings. The van der Waals surface area contributed by atoms with E-state index in [0.717, 1.165) is 31.9 Å². The summed E-state index contributed by atoms with van der Waals surface area (Å²) in [5.74, 6) is 0.327. The van der Waals surface area contributed by atoms with Gasteiger partial charge in [-0.2, -0.15) is 0 Å². The molecule has 3 N–H and O–H groups in total. The molecule has 1 saturated heterocycles. The molecular formula is C16H26FN5O2S. The molecule has 1 heterocycles. The van der Waals surface area contributed by atoms with E-state index >= 15 is 0 Å². The zero-order valence-corrected chi connectivity index (χ0v) is 15.3. The molecule has 0 saturated carbocycles. The number of rotatable bonds is 7. The largest absolute Gasteiger partial charge is 0.370 e. The third-order valence-corrected chi connectivity index (χ3v) is 5.51. The van der Waals surface area contributed by atoms with Crippen molar-refractivity contribution in [3.8, 4) is 0 Å². The molecule has 140 valence electrons. The predicted molar refractivity (Wildman–Crippen MR) is 98.8 cm³/mol. The van der Waals surface area contributed by atoms with Crippen LogP contribution in [0.5, 0.6) is 0 Å². The van der Waals surface area contributed by atoms with Crippen molar-refractivity contribution in [3.63, 3.8) is 0 Å². The highest BCUT2D eigenvalue weighted by atomic mass is 32.2. The Balaban J connectivity index is 1.73. The molecule has 0 unspecified atom stereocenters. The van der Waals surface area contributed by atoms with Crippen LogP contribution in [0.2, 0.25) is 0 Å². The molecule has 0 bridgehead atoms. The first-order chi connectivity index (χ1) is 11.9. The standard InChI is InChI=1S/C16H26FN5O2S/c1-2-25(23,24)20-9-3-8-19-16(18)22-12-10-21(11-13-22)15-6-4-14(17)5-7-15/h4-7,20H,2-3,8-13H2,1H3,(H2,18,19). The second-order valence-corrected chi connectivity index (χ2v) is 7.94. The Labute approximate surface area is 148 Å². The Kier molecular flexibility index (Phi) is 7.01. The lowest BCUT2D eigenvalue weighted by Crippen LogP contribution is -2.51. The number of halogens is 1. The van der Waals surface area contributed by atoms with Gasteiger partial charge in [0.05, 0.1) is 5.75 Å². The predicted octanol–water partition coefficient (Wildman–Crippen LogP) is 0.592. The zero-order valence-electron chi connectivity index (χ0n) is 14.5. The van der Waals surface area contributed by atoms with Crippen molar-refractivity contribution in [2.24, 2.45) is 10.7 Å². The lowest BCUT2D eigenvalue weighted by Gasteiger charge is -2.36. The van der Waals surface area contributed by atoms with Gasteiger partial charge in [-0.25, -0.2) is 17.5 Å². The van der Waals surface area contributed by atoms with E-state index in [9.17, 15) is 12.8 Å². The molecule has 1 aliphatic heterocycles. The molecule has 2 rings (SSSR count). The van der Waals surface area contributed by atoms with Crippen molar-refractivity contribution in [1.82, 2.24) is 9.62 Å². The molecule has 0 amide bonds. The van der Waals surface area contributed by atoms with Gasteiger partial charge >= 0.3 is 0 Å². The topological polar surface area (TPSA) is 91.0 Å². The van der Waals surface area contributed by atoms with Crippen LogP contribution in [0.25, 0.3) is 0 Å². The van der Waals surface area contributed by atoms with Gasteiger partial charge in [-0.15, -0.1) is 0 Å². The zero-order chi connectivity index (χ0) is 18.3. The molecule has 0 aromatic heterocycles. The van der Waals surface area contributed by atoms with Gasteiger partial charge in [0.1, 0.15) is 5.82 Å². The van der Waals surface area contributed by atoms with E-state index in [1.54, 1.807) is 19.1 Å². The Morgan fingerprint density at radius 1 is 1.24 bits per heavy atom. The van der Waals surface area contributed by atoms with Gasteiger partial charge in [0.25, 0.3) is 0 Å². The van der Waals surface area contributed by atoms with Crippen LogP contribution in [-0.4, -0.2) is 64.3 Å². The van der Waals surface area contributed by atoms with Crippen LogP contribution in [-0.2, 0) is 10.0 Å². The van der Waals surface area contributed by atoms with Gasteiger partial charge in [0.15, 0.2) is 5.96 Å². The SMILES string of the molecule is CCS(=O)(=O)NCCCN=C(N)N1CCN(c2ccc(F)cc2)CC1. The first kappa shape index (κ1) is 19.5. The van der Waals surface area contributed by atoms with Gasteiger partial charge in [0, 0.05) is 45.0 Å². The van der Waals surface area contributed by atoms with E-state index in [4.69, 9.17) is 5.73 Å². The van der Waals surface area contributed by atoms with Crippen LogP contribution in [0.4, 0.5) is 10.1 Å². The van der Waals surface area contributed by atoms with Crippen LogP contribution in [0.1, 0.15) is 13.3 Å². The number of hydrogen-bond donors (Lipinski definition) is 2. The highest BCUT2D eigenvalue weighted by Gasteiger charge is 2.18. The molecule has 1 fully saturated rings. The Morgan fingerprint density at radius 2 is 1.88 bits per heavy atom. The third kappa shape index (κ3) is 6.17. The van der Waals surface area contributed by atoms with Gasteiger partial charge < -0.3 is 15.5 Å². The highest BCUT2D eigenvalue weighted by molar-refractivity contribution is 7.89. The second kappa shape index (κ2) is 9.00. The van der Waals surface area contributed by atoms with Crippen LogP contribution < -0.4 is 15.4 Å². The summed E-state index contributed by atoms with van der Waals surface area (Å²) in [4.78, 5) is 8.51. The van der Waals surface area contributed by atoms with Crippen molar-refractivity contribution in [3.05, 3.63) is 30.1 Å². The number of guanidine groups is 1. The van der Waals surface area contributed by atoms with Crippen molar-refractivity contribution >= 4 is 21.7 Å². The molecule has 1 aromatic carbocycles. The number of nitrogens with one attached hydrogen (secondary N) is 1. The minimum Gasteiger partial charge on any atom is -0.370 e. The maximum absolute atomic E-state index is 13.0. The number of nitrogens with two attached hydrogens (primary N) is 1. The van der Waals surface area contributed by atoms with Crippen LogP contribution >= 0.6 is 0 Å². The first-order valence-corrected chi connectivity index (χ1v) is 10.1. The maximum atomic E-state index is 13.0. The lowest BCUT2D eigenvalue weighted by atomic mass is 10.2. The molecule has 0 aliphatic carbocycles. The summed E-state index contributed by atoms with van der Waals surface area (Å²) >= 11 is 0. The minimum absolute atomic E-state index is 0.0801. The Morgan fingerprint density at radius 3 is 2.48 bits per heavy atom. The van der Waals surface area contributed by atoms with Crippen molar-refractivity contribution in [1.29, 1.82) is 0 Å². The molecule has 1 aliphatic rings. The van der Waals surface area contributed by atoms with E-state index in [-0.39, 0.29) is 11.6 Å². The van der Waals surface area contributed by atoms with E-state index in [0.29, 0.717) is 25.5 Å². The van der Waals surface area contributed by atoms with Crippen LogP contribution in [0.15, 0.2) is 29.3 Å². The van der Waals surface area contributed by atoms with Crippen molar-refractivity contribution < 1.29 is 12.8 Å². The normalized spacial score (nSPS) is 16.3. The van der Waals surface area contributed by atoms with E-state index in [2.05, 4.69) is 14.6 Å². The average molecular weight is 371 g/mol.